The minimum Gasteiger partial charge on any atom is -0.453 e. The molecule has 1 amide bonds. The Morgan fingerprint density at radius 3 is 2.55 bits per heavy atom. The van der Waals surface area contributed by atoms with Gasteiger partial charge in [-0.3, -0.25) is 5.32 Å². The van der Waals surface area contributed by atoms with Gasteiger partial charge in [0.05, 0.1) is 13.7 Å². The van der Waals surface area contributed by atoms with Crippen molar-refractivity contribution in [2.24, 2.45) is 4.99 Å². The van der Waals surface area contributed by atoms with Crippen molar-refractivity contribution in [2.45, 2.75) is 25.8 Å². The molecule has 0 saturated heterocycles. The van der Waals surface area contributed by atoms with Crippen molar-refractivity contribution in [3.63, 3.8) is 0 Å². The number of carbonyl (C=O) groups is 1. The molecule has 29 heavy (non-hydrogen) atoms. The largest absolute Gasteiger partial charge is 0.453 e. The number of rotatable bonds is 8. The highest BCUT2D eigenvalue weighted by molar-refractivity contribution is 7.97. The van der Waals surface area contributed by atoms with Gasteiger partial charge in [-0.1, -0.05) is 18.2 Å². The van der Waals surface area contributed by atoms with E-state index in [9.17, 15) is 9.18 Å². The van der Waals surface area contributed by atoms with Gasteiger partial charge in [0.1, 0.15) is 5.82 Å². The number of nitrogens with one attached hydrogen (secondary N) is 3. The van der Waals surface area contributed by atoms with Crippen LogP contribution in [0.4, 0.5) is 14.9 Å². The van der Waals surface area contributed by atoms with E-state index in [2.05, 4.69) is 25.7 Å². The molecule has 0 heterocycles. The lowest BCUT2D eigenvalue weighted by Crippen LogP contribution is -2.37. The third kappa shape index (κ3) is 7.65. The number of hydrogen-bond acceptors (Lipinski definition) is 4. The van der Waals surface area contributed by atoms with Crippen molar-refractivity contribution in [3.8, 4) is 0 Å². The number of benzene rings is 2. The molecular formula is C21H27FN4O2S. The van der Waals surface area contributed by atoms with E-state index >= 15 is 0 Å². The van der Waals surface area contributed by atoms with Crippen molar-refractivity contribution < 1.29 is 13.9 Å². The van der Waals surface area contributed by atoms with E-state index in [0.29, 0.717) is 24.7 Å². The summed E-state index contributed by atoms with van der Waals surface area (Å²) < 4.78 is 18.1. The SMILES string of the molecule is CCNC(=NCc1ccc(NC(=O)OC)cc1)NCc1ccc(F)cc1CSC. The molecule has 0 aliphatic rings. The minimum atomic E-state index is -0.504. The predicted molar refractivity (Wildman–Crippen MR) is 118 cm³/mol. The first-order valence-electron chi connectivity index (χ1n) is 9.28. The number of amides is 1. The minimum absolute atomic E-state index is 0.219. The molecule has 0 radical (unpaired) electrons. The van der Waals surface area contributed by atoms with E-state index in [-0.39, 0.29) is 5.82 Å². The molecule has 0 fully saturated rings. The summed E-state index contributed by atoms with van der Waals surface area (Å²) >= 11 is 1.66. The average Bonchev–Trinajstić information content (AvgIpc) is 2.72. The Morgan fingerprint density at radius 1 is 1.14 bits per heavy atom. The van der Waals surface area contributed by atoms with Crippen LogP contribution in [0.5, 0.6) is 0 Å². The second kappa shape index (κ2) is 12.0. The number of guanidine groups is 1. The highest BCUT2D eigenvalue weighted by Crippen LogP contribution is 2.16. The van der Waals surface area contributed by atoms with E-state index in [1.54, 1.807) is 30.0 Å². The number of thioether (sulfide) groups is 1. The zero-order valence-corrected chi connectivity index (χ0v) is 17.7. The molecule has 3 N–H and O–H groups in total. The van der Waals surface area contributed by atoms with Crippen LogP contribution in [0, 0.1) is 5.82 Å². The van der Waals surface area contributed by atoms with Crippen LogP contribution in [0.1, 0.15) is 23.6 Å². The standard InChI is InChI=1S/C21H27FN4O2S/c1-4-23-20(25-13-16-7-8-18(22)11-17(16)14-29-3)24-12-15-5-9-19(10-6-15)26-21(27)28-2/h5-11H,4,12-14H2,1-3H3,(H,26,27)(H2,23,24,25). The summed E-state index contributed by atoms with van der Waals surface area (Å²) in [4.78, 5) is 15.8. The summed E-state index contributed by atoms with van der Waals surface area (Å²) in [6.07, 6.45) is 1.50. The maximum absolute atomic E-state index is 13.5. The van der Waals surface area contributed by atoms with Gasteiger partial charge in [-0.15, -0.1) is 0 Å². The Bertz CT molecular complexity index is 828. The van der Waals surface area contributed by atoms with Gasteiger partial charge in [0.15, 0.2) is 5.96 Å². The van der Waals surface area contributed by atoms with Crippen LogP contribution in [0.2, 0.25) is 0 Å². The molecule has 156 valence electrons. The van der Waals surface area contributed by atoms with Crippen LogP contribution in [0.3, 0.4) is 0 Å². The molecule has 8 heteroatoms. The van der Waals surface area contributed by atoms with E-state index in [0.717, 1.165) is 29.0 Å². The molecular weight excluding hydrogens is 391 g/mol. The molecule has 2 rings (SSSR count). The van der Waals surface area contributed by atoms with Crippen molar-refractivity contribution in [3.05, 3.63) is 65.0 Å². The second-order valence-electron chi connectivity index (χ2n) is 6.21. The number of aliphatic imine (C=N–C) groups is 1. The first-order valence-corrected chi connectivity index (χ1v) is 10.7. The Balaban J connectivity index is 2.00. The number of ether oxygens (including phenoxy) is 1. The van der Waals surface area contributed by atoms with E-state index in [1.807, 2.05) is 31.4 Å². The summed E-state index contributed by atoms with van der Waals surface area (Å²) in [7, 11) is 1.32. The van der Waals surface area contributed by atoms with Gasteiger partial charge in [0, 0.05) is 24.5 Å². The van der Waals surface area contributed by atoms with Gasteiger partial charge >= 0.3 is 6.09 Å². The van der Waals surface area contributed by atoms with Crippen LogP contribution >= 0.6 is 11.8 Å². The Hall–Kier alpha value is -2.74. The highest BCUT2D eigenvalue weighted by Gasteiger charge is 2.06. The first-order chi connectivity index (χ1) is 14.0. The fraction of sp³-hybridized carbons (Fsp3) is 0.333. The maximum Gasteiger partial charge on any atom is 0.411 e. The summed E-state index contributed by atoms with van der Waals surface area (Å²) in [6, 6.07) is 12.3. The summed E-state index contributed by atoms with van der Waals surface area (Å²) in [5.74, 6) is 1.22. The topological polar surface area (TPSA) is 74.8 Å². The quantitative estimate of drug-likeness (QED) is 0.444. The molecule has 0 saturated carbocycles. The molecule has 6 nitrogen and oxygen atoms in total. The number of nitrogens with zero attached hydrogens (tertiary/aromatic N) is 1. The molecule has 0 aliphatic heterocycles. The van der Waals surface area contributed by atoms with Crippen LogP contribution in [0.15, 0.2) is 47.5 Å². The monoisotopic (exact) mass is 418 g/mol. The molecule has 0 bridgehead atoms. The van der Waals surface area contributed by atoms with Crippen molar-refractivity contribution in [1.82, 2.24) is 10.6 Å². The van der Waals surface area contributed by atoms with Crippen molar-refractivity contribution in [2.75, 3.05) is 25.2 Å². The van der Waals surface area contributed by atoms with Crippen LogP contribution in [0.25, 0.3) is 0 Å². The Morgan fingerprint density at radius 2 is 1.90 bits per heavy atom. The van der Waals surface area contributed by atoms with E-state index in [4.69, 9.17) is 0 Å². The van der Waals surface area contributed by atoms with Gasteiger partial charge in [-0.25, -0.2) is 14.2 Å². The fourth-order valence-electron chi connectivity index (χ4n) is 2.61. The zero-order chi connectivity index (χ0) is 21.1. The van der Waals surface area contributed by atoms with Crippen LogP contribution in [-0.4, -0.2) is 32.0 Å². The highest BCUT2D eigenvalue weighted by atomic mass is 32.2. The molecule has 0 spiro atoms. The number of hydrogen-bond donors (Lipinski definition) is 3. The van der Waals surface area contributed by atoms with Gasteiger partial charge in [0.2, 0.25) is 0 Å². The van der Waals surface area contributed by atoms with E-state index in [1.165, 1.54) is 13.2 Å². The molecule has 2 aromatic rings. The van der Waals surface area contributed by atoms with Crippen LogP contribution < -0.4 is 16.0 Å². The molecule has 2 aromatic carbocycles. The summed E-state index contributed by atoms with van der Waals surface area (Å²) in [6.45, 7) is 3.77. The fourth-order valence-corrected chi connectivity index (χ4v) is 3.19. The number of halogens is 1. The van der Waals surface area contributed by atoms with Gasteiger partial charge in [-0.05, 0) is 54.1 Å². The van der Waals surface area contributed by atoms with E-state index < -0.39 is 6.09 Å². The lowest BCUT2D eigenvalue weighted by atomic mass is 10.1. The van der Waals surface area contributed by atoms with Crippen LogP contribution in [-0.2, 0) is 23.6 Å². The number of methoxy groups -OCH3 is 1. The van der Waals surface area contributed by atoms with Gasteiger partial charge in [0.25, 0.3) is 0 Å². The average molecular weight is 419 g/mol. The predicted octanol–water partition coefficient (Wildman–Crippen LogP) is 4.12. The zero-order valence-electron chi connectivity index (χ0n) is 16.9. The van der Waals surface area contributed by atoms with Gasteiger partial charge in [-0.2, -0.15) is 11.8 Å². The Kier molecular flexibility index (Phi) is 9.30. The number of carbonyl (C=O) groups excluding carboxylic acids is 1. The van der Waals surface area contributed by atoms with Crippen molar-refractivity contribution in [1.29, 1.82) is 0 Å². The smallest absolute Gasteiger partial charge is 0.411 e. The summed E-state index contributed by atoms with van der Waals surface area (Å²) in [5.41, 5.74) is 3.69. The Labute approximate surface area is 175 Å². The maximum atomic E-state index is 13.5. The lowest BCUT2D eigenvalue weighted by molar-refractivity contribution is 0.187. The van der Waals surface area contributed by atoms with Gasteiger partial charge < -0.3 is 15.4 Å². The molecule has 0 aliphatic carbocycles. The molecule has 0 aromatic heterocycles. The molecule has 0 unspecified atom stereocenters. The third-order valence-electron chi connectivity index (χ3n) is 4.06. The molecule has 0 atom stereocenters. The summed E-state index contributed by atoms with van der Waals surface area (Å²) in [5, 5.41) is 9.13. The first kappa shape index (κ1) is 22.5. The second-order valence-corrected chi connectivity index (χ2v) is 7.07. The third-order valence-corrected chi connectivity index (χ3v) is 4.66. The normalized spacial score (nSPS) is 11.1. The van der Waals surface area contributed by atoms with Crippen molar-refractivity contribution >= 4 is 29.5 Å². The number of anilines is 1. The lowest BCUT2D eigenvalue weighted by Gasteiger charge is -2.14.